The van der Waals surface area contributed by atoms with Crippen LogP contribution in [0.1, 0.15) is 11.1 Å². The highest BCUT2D eigenvalue weighted by atomic mass is 32.2. The molecule has 0 radical (unpaired) electrons. The van der Waals surface area contributed by atoms with Gasteiger partial charge in [-0.1, -0.05) is 6.07 Å². The van der Waals surface area contributed by atoms with Crippen molar-refractivity contribution in [3.05, 3.63) is 59.2 Å². The van der Waals surface area contributed by atoms with Crippen LogP contribution >= 0.6 is 0 Å². The molecule has 2 nitrogen and oxygen atoms in total. The number of nitrogens with two attached hydrogens (primary N) is 1. The summed E-state index contributed by atoms with van der Waals surface area (Å²) in [7, 11) is -1.57. The van der Waals surface area contributed by atoms with Gasteiger partial charge in [0.15, 0.2) is 0 Å². The highest BCUT2D eigenvalue weighted by molar-refractivity contribution is 7.84. The minimum Gasteiger partial charge on any atom is -0.399 e. The smallest absolute Gasteiger partial charge is 0.141 e. The molecular weight excluding hydrogens is 268 g/mol. The molecule has 0 saturated heterocycles. The van der Waals surface area contributed by atoms with Crippen LogP contribution in [-0.2, 0) is 16.6 Å². The number of nitrogen functional groups attached to an aromatic ring is 1. The van der Waals surface area contributed by atoms with E-state index in [-0.39, 0.29) is 16.3 Å². The topological polar surface area (TPSA) is 43.1 Å². The zero-order chi connectivity index (χ0) is 14.0. The molecule has 0 spiro atoms. The van der Waals surface area contributed by atoms with Gasteiger partial charge in [0.2, 0.25) is 0 Å². The summed E-state index contributed by atoms with van der Waals surface area (Å²) in [5.74, 6) is -0.924. The third-order valence-electron chi connectivity index (χ3n) is 2.80. The standard InChI is InChI=1S/C14H13F2NOS/c1-9-2-3-11(15)6-10(9)8-19(18)14-5-4-12(17)7-13(14)16/h2-7H,8,17H2,1H3. The normalized spacial score (nSPS) is 12.4. The largest absolute Gasteiger partial charge is 0.399 e. The van der Waals surface area contributed by atoms with Crippen LogP contribution < -0.4 is 5.73 Å². The maximum atomic E-state index is 13.6. The Bertz CT molecular complexity index is 643. The van der Waals surface area contributed by atoms with Gasteiger partial charge in [0.25, 0.3) is 0 Å². The third kappa shape index (κ3) is 3.17. The molecule has 0 bridgehead atoms. The van der Waals surface area contributed by atoms with Gasteiger partial charge in [-0.2, -0.15) is 0 Å². The van der Waals surface area contributed by atoms with E-state index in [2.05, 4.69) is 0 Å². The first kappa shape index (κ1) is 13.7. The van der Waals surface area contributed by atoms with Gasteiger partial charge in [0, 0.05) is 5.69 Å². The number of aryl methyl sites for hydroxylation is 1. The Morgan fingerprint density at radius 3 is 2.58 bits per heavy atom. The lowest BCUT2D eigenvalue weighted by molar-refractivity contribution is 0.596. The Hall–Kier alpha value is -1.75. The fraction of sp³-hybridized carbons (Fsp3) is 0.143. The molecule has 5 heteroatoms. The lowest BCUT2D eigenvalue weighted by atomic mass is 10.1. The molecule has 0 aliphatic rings. The second kappa shape index (κ2) is 5.48. The summed E-state index contributed by atoms with van der Waals surface area (Å²) in [4.78, 5) is 0.0814. The van der Waals surface area contributed by atoms with Gasteiger partial charge >= 0.3 is 0 Å². The predicted molar refractivity (Wildman–Crippen MR) is 72.1 cm³/mol. The van der Waals surface area contributed by atoms with Crippen LogP contribution in [0.5, 0.6) is 0 Å². The Labute approximate surface area is 112 Å². The zero-order valence-corrected chi connectivity index (χ0v) is 11.1. The SMILES string of the molecule is Cc1ccc(F)cc1CS(=O)c1ccc(N)cc1F. The minimum atomic E-state index is -1.57. The average Bonchev–Trinajstić information content (AvgIpc) is 2.33. The molecule has 0 aliphatic heterocycles. The van der Waals surface area contributed by atoms with Crippen LogP contribution in [0.15, 0.2) is 41.3 Å². The summed E-state index contributed by atoms with van der Waals surface area (Å²) < 4.78 is 38.9. The molecule has 1 unspecified atom stereocenters. The predicted octanol–water partition coefficient (Wildman–Crippen LogP) is 3.16. The maximum Gasteiger partial charge on any atom is 0.141 e. The fourth-order valence-corrected chi connectivity index (χ4v) is 2.96. The summed E-state index contributed by atoms with van der Waals surface area (Å²) in [6, 6.07) is 8.30. The van der Waals surface area contributed by atoms with Crippen LogP contribution in [0.3, 0.4) is 0 Å². The van der Waals surface area contributed by atoms with Gasteiger partial charge in [0.1, 0.15) is 11.6 Å². The minimum absolute atomic E-state index is 0.0738. The Morgan fingerprint density at radius 2 is 1.89 bits per heavy atom. The first-order valence-corrected chi connectivity index (χ1v) is 6.97. The van der Waals surface area contributed by atoms with Crippen LogP contribution in [-0.4, -0.2) is 4.21 Å². The Morgan fingerprint density at radius 1 is 1.16 bits per heavy atom. The van der Waals surface area contributed by atoms with Crippen LogP contribution in [0.25, 0.3) is 0 Å². The van der Waals surface area contributed by atoms with E-state index < -0.39 is 22.4 Å². The molecule has 0 saturated carbocycles. The van der Waals surface area contributed by atoms with Crippen LogP contribution in [0, 0.1) is 18.6 Å². The van der Waals surface area contributed by atoms with Crippen molar-refractivity contribution in [2.24, 2.45) is 0 Å². The molecule has 2 aromatic rings. The average molecular weight is 281 g/mol. The van der Waals surface area contributed by atoms with Crippen LogP contribution in [0.4, 0.5) is 14.5 Å². The monoisotopic (exact) mass is 281 g/mol. The number of halogens is 2. The van der Waals surface area contributed by atoms with Gasteiger partial charge in [0.05, 0.1) is 21.4 Å². The number of rotatable bonds is 3. The molecule has 19 heavy (non-hydrogen) atoms. The second-order valence-corrected chi connectivity index (χ2v) is 5.67. The summed E-state index contributed by atoms with van der Waals surface area (Å²) in [5.41, 5.74) is 7.14. The molecular formula is C14H13F2NOS. The van der Waals surface area contributed by atoms with Gasteiger partial charge in [-0.15, -0.1) is 0 Å². The summed E-state index contributed by atoms with van der Waals surface area (Å²) in [6.07, 6.45) is 0. The molecule has 0 aliphatic carbocycles. The van der Waals surface area contributed by atoms with Crippen molar-refractivity contribution in [1.29, 1.82) is 0 Å². The van der Waals surface area contributed by atoms with E-state index in [1.54, 1.807) is 13.0 Å². The Kier molecular flexibility index (Phi) is 3.95. The third-order valence-corrected chi connectivity index (χ3v) is 4.19. The molecule has 1 atom stereocenters. The first-order chi connectivity index (χ1) is 8.97. The maximum absolute atomic E-state index is 13.6. The summed E-state index contributed by atoms with van der Waals surface area (Å²) >= 11 is 0. The van der Waals surface area contributed by atoms with Crippen molar-refractivity contribution in [1.82, 2.24) is 0 Å². The van der Waals surface area contributed by atoms with E-state index in [1.807, 2.05) is 0 Å². The van der Waals surface area contributed by atoms with E-state index in [0.29, 0.717) is 5.56 Å². The van der Waals surface area contributed by atoms with E-state index in [1.165, 1.54) is 24.3 Å². The summed E-state index contributed by atoms with van der Waals surface area (Å²) in [5, 5.41) is 0. The number of hydrogen-bond acceptors (Lipinski definition) is 2. The van der Waals surface area contributed by atoms with Gasteiger partial charge in [-0.25, -0.2) is 8.78 Å². The quantitative estimate of drug-likeness (QED) is 0.878. The van der Waals surface area contributed by atoms with Crippen molar-refractivity contribution in [2.45, 2.75) is 17.6 Å². The molecule has 100 valence electrons. The van der Waals surface area contributed by atoms with Crippen molar-refractivity contribution in [3.8, 4) is 0 Å². The number of benzene rings is 2. The van der Waals surface area contributed by atoms with E-state index in [4.69, 9.17) is 5.73 Å². The molecule has 0 fully saturated rings. The van der Waals surface area contributed by atoms with Crippen LogP contribution in [0.2, 0.25) is 0 Å². The molecule has 2 rings (SSSR count). The molecule has 0 heterocycles. The highest BCUT2D eigenvalue weighted by Crippen LogP contribution is 2.20. The lowest BCUT2D eigenvalue weighted by Gasteiger charge is -2.07. The van der Waals surface area contributed by atoms with E-state index >= 15 is 0 Å². The van der Waals surface area contributed by atoms with Crippen molar-refractivity contribution in [3.63, 3.8) is 0 Å². The van der Waals surface area contributed by atoms with Crippen molar-refractivity contribution < 1.29 is 13.0 Å². The van der Waals surface area contributed by atoms with Gasteiger partial charge < -0.3 is 5.73 Å². The molecule has 2 aromatic carbocycles. The summed E-state index contributed by atoms with van der Waals surface area (Å²) in [6.45, 7) is 1.80. The van der Waals surface area contributed by atoms with E-state index in [9.17, 15) is 13.0 Å². The first-order valence-electron chi connectivity index (χ1n) is 5.66. The number of anilines is 1. The Balaban J connectivity index is 2.28. The second-order valence-electron chi connectivity index (χ2n) is 4.25. The van der Waals surface area contributed by atoms with Gasteiger partial charge in [-0.05, 0) is 48.4 Å². The van der Waals surface area contributed by atoms with Crippen molar-refractivity contribution in [2.75, 3.05) is 5.73 Å². The molecule has 2 N–H and O–H groups in total. The van der Waals surface area contributed by atoms with Gasteiger partial charge in [-0.3, -0.25) is 4.21 Å². The van der Waals surface area contributed by atoms with E-state index in [0.717, 1.165) is 11.6 Å². The highest BCUT2D eigenvalue weighted by Gasteiger charge is 2.12. The molecule has 0 aromatic heterocycles. The zero-order valence-electron chi connectivity index (χ0n) is 10.3. The molecule has 0 amide bonds. The number of hydrogen-bond donors (Lipinski definition) is 1. The lowest BCUT2D eigenvalue weighted by Crippen LogP contribution is -2.02. The van der Waals surface area contributed by atoms with Crippen molar-refractivity contribution >= 4 is 16.5 Å². The fourth-order valence-electron chi connectivity index (χ4n) is 1.72.